The van der Waals surface area contributed by atoms with E-state index < -0.39 is 0 Å². The lowest BCUT2D eigenvalue weighted by Crippen LogP contribution is -2.52. The zero-order valence-corrected chi connectivity index (χ0v) is 12.4. The number of urea groups is 1. The van der Waals surface area contributed by atoms with Crippen LogP contribution in [-0.2, 0) is 0 Å². The summed E-state index contributed by atoms with van der Waals surface area (Å²) in [5.41, 5.74) is 0.442. The minimum absolute atomic E-state index is 0.107. The highest BCUT2D eigenvalue weighted by Gasteiger charge is 2.49. The second-order valence-corrected chi connectivity index (χ2v) is 7.00. The van der Waals surface area contributed by atoms with E-state index in [-0.39, 0.29) is 18.7 Å². The van der Waals surface area contributed by atoms with Crippen LogP contribution in [0.5, 0.6) is 0 Å². The van der Waals surface area contributed by atoms with Crippen LogP contribution < -0.4 is 5.32 Å². The van der Waals surface area contributed by atoms with Gasteiger partial charge in [0.25, 0.3) is 0 Å². The zero-order valence-electron chi connectivity index (χ0n) is 12.4. The van der Waals surface area contributed by atoms with Crippen LogP contribution in [0.1, 0.15) is 57.8 Å². The predicted octanol–water partition coefficient (Wildman–Crippen LogP) is 2.51. The van der Waals surface area contributed by atoms with Gasteiger partial charge in [-0.3, -0.25) is 0 Å². The number of nitrogens with one attached hydrogen (secondary N) is 1. The van der Waals surface area contributed by atoms with Crippen molar-refractivity contribution in [3.8, 4) is 0 Å². The van der Waals surface area contributed by atoms with Crippen LogP contribution in [-0.4, -0.2) is 41.8 Å². The quantitative estimate of drug-likeness (QED) is 0.813. The lowest BCUT2D eigenvalue weighted by Gasteiger charge is -2.44. The molecule has 1 heterocycles. The number of aliphatic hydroxyl groups excluding tert-OH is 1. The van der Waals surface area contributed by atoms with Gasteiger partial charge in [0.2, 0.25) is 0 Å². The molecule has 0 aromatic carbocycles. The third-order valence-corrected chi connectivity index (χ3v) is 5.73. The SMILES string of the molecule is O=C(NCC1(C2CC2)CCC1)N1CCCC[C@H]1CCO. The largest absolute Gasteiger partial charge is 0.396 e. The Morgan fingerprint density at radius 2 is 2.00 bits per heavy atom. The third kappa shape index (κ3) is 2.80. The van der Waals surface area contributed by atoms with Crippen molar-refractivity contribution >= 4 is 6.03 Å². The molecule has 3 fully saturated rings. The fraction of sp³-hybridized carbons (Fsp3) is 0.938. The highest BCUT2D eigenvalue weighted by atomic mass is 16.3. The van der Waals surface area contributed by atoms with E-state index in [0.29, 0.717) is 5.41 Å². The molecule has 1 atom stereocenters. The number of likely N-dealkylation sites (tertiary alicyclic amines) is 1. The molecular weight excluding hydrogens is 252 g/mol. The van der Waals surface area contributed by atoms with Crippen molar-refractivity contribution < 1.29 is 9.90 Å². The lowest BCUT2D eigenvalue weighted by atomic mass is 9.65. The number of piperidine rings is 1. The van der Waals surface area contributed by atoms with Crippen LogP contribution >= 0.6 is 0 Å². The molecule has 1 aliphatic heterocycles. The number of carbonyl (C=O) groups is 1. The van der Waals surface area contributed by atoms with Gasteiger partial charge in [0.15, 0.2) is 0 Å². The number of hydrogen-bond donors (Lipinski definition) is 2. The van der Waals surface area contributed by atoms with Gasteiger partial charge in [-0.2, -0.15) is 0 Å². The highest BCUT2D eigenvalue weighted by Crippen LogP contribution is 2.56. The summed E-state index contributed by atoms with van der Waals surface area (Å²) in [6.45, 7) is 1.91. The number of aliphatic hydroxyl groups is 1. The van der Waals surface area contributed by atoms with E-state index in [0.717, 1.165) is 38.3 Å². The highest BCUT2D eigenvalue weighted by molar-refractivity contribution is 5.74. The molecule has 2 saturated carbocycles. The minimum atomic E-state index is 0.107. The summed E-state index contributed by atoms with van der Waals surface area (Å²) in [7, 11) is 0. The van der Waals surface area contributed by atoms with Gasteiger partial charge in [-0.25, -0.2) is 4.79 Å². The molecule has 0 spiro atoms. The Morgan fingerprint density at radius 1 is 1.20 bits per heavy atom. The molecule has 20 heavy (non-hydrogen) atoms. The number of amides is 2. The number of carbonyl (C=O) groups excluding carboxylic acids is 1. The van der Waals surface area contributed by atoms with Crippen molar-refractivity contribution in [3.63, 3.8) is 0 Å². The maximum Gasteiger partial charge on any atom is 0.317 e. The molecule has 2 N–H and O–H groups in total. The molecule has 0 aromatic rings. The molecule has 0 unspecified atom stereocenters. The smallest absolute Gasteiger partial charge is 0.317 e. The molecule has 114 valence electrons. The van der Waals surface area contributed by atoms with Crippen LogP contribution in [0.4, 0.5) is 4.79 Å². The second-order valence-electron chi connectivity index (χ2n) is 7.00. The average molecular weight is 280 g/mol. The molecule has 1 saturated heterocycles. The van der Waals surface area contributed by atoms with Crippen molar-refractivity contribution in [2.75, 3.05) is 19.7 Å². The lowest BCUT2D eigenvalue weighted by molar-refractivity contribution is 0.0901. The average Bonchev–Trinajstić information content (AvgIpc) is 3.23. The van der Waals surface area contributed by atoms with E-state index >= 15 is 0 Å². The fourth-order valence-corrected chi connectivity index (χ4v) is 4.13. The first-order chi connectivity index (χ1) is 9.75. The first-order valence-electron chi connectivity index (χ1n) is 8.40. The maximum absolute atomic E-state index is 12.4. The van der Waals surface area contributed by atoms with Crippen molar-refractivity contribution in [3.05, 3.63) is 0 Å². The van der Waals surface area contributed by atoms with Gasteiger partial charge >= 0.3 is 6.03 Å². The molecule has 3 rings (SSSR count). The monoisotopic (exact) mass is 280 g/mol. The van der Waals surface area contributed by atoms with Crippen molar-refractivity contribution in [2.45, 2.75) is 63.8 Å². The van der Waals surface area contributed by atoms with E-state index in [9.17, 15) is 4.79 Å². The Bertz CT molecular complexity index is 348. The fourth-order valence-electron chi connectivity index (χ4n) is 4.13. The van der Waals surface area contributed by atoms with Crippen molar-refractivity contribution in [2.24, 2.45) is 11.3 Å². The number of nitrogens with zero attached hydrogens (tertiary/aromatic N) is 1. The number of hydrogen-bond acceptors (Lipinski definition) is 2. The topological polar surface area (TPSA) is 52.6 Å². The summed E-state index contributed by atoms with van der Waals surface area (Å²) in [5, 5.41) is 12.4. The standard InChI is InChI=1S/C16H28N2O2/c19-11-7-14-4-1-2-10-18(14)15(20)17-12-16(8-3-9-16)13-5-6-13/h13-14,19H,1-12H2,(H,17,20)/t14-/m0/s1. The van der Waals surface area contributed by atoms with Crippen molar-refractivity contribution in [1.82, 2.24) is 10.2 Å². The van der Waals surface area contributed by atoms with E-state index in [1.165, 1.54) is 38.5 Å². The van der Waals surface area contributed by atoms with Gasteiger partial charge in [-0.05, 0) is 62.7 Å². The Kier molecular flexibility index (Phi) is 4.20. The summed E-state index contributed by atoms with van der Waals surface area (Å²) >= 11 is 0. The normalized spacial score (nSPS) is 28.9. The molecule has 0 bridgehead atoms. The Labute approximate surface area is 121 Å². The van der Waals surface area contributed by atoms with Gasteiger partial charge in [0.1, 0.15) is 0 Å². The third-order valence-electron chi connectivity index (χ3n) is 5.73. The van der Waals surface area contributed by atoms with Crippen molar-refractivity contribution in [1.29, 1.82) is 0 Å². The predicted molar refractivity (Wildman–Crippen MR) is 78.5 cm³/mol. The molecule has 3 aliphatic rings. The van der Waals surface area contributed by atoms with E-state index in [2.05, 4.69) is 5.32 Å². The first kappa shape index (κ1) is 14.2. The van der Waals surface area contributed by atoms with Gasteiger partial charge < -0.3 is 15.3 Å². The summed E-state index contributed by atoms with van der Waals surface area (Å²) in [4.78, 5) is 14.4. The molecule has 2 amide bonds. The van der Waals surface area contributed by atoms with Crippen LogP contribution in [0.25, 0.3) is 0 Å². The van der Waals surface area contributed by atoms with E-state index in [1.807, 2.05) is 4.90 Å². The molecule has 0 radical (unpaired) electrons. The molecule has 2 aliphatic carbocycles. The Hall–Kier alpha value is -0.770. The molecule has 4 nitrogen and oxygen atoms in total. The van der Waals surface area contributed by atoms with E-state index in [4.69, 9.17) is 5.11 Å². The van der Waals surface area contributed by atoms with E-state index in [1.54, 1.807) is 0 Å². The van der Waals surface area contributed by atoms with Crippen LogP contribution in [0.2, 0.25) is 0 Å². The van der Waals surface area contributed by atoms with Gasteiger partial charge in [0, 0.05) is 25.7 Å². The van der Waals surface area contributed by atoms with Crippen LogP contribution in [0, 0.1) is 11.3 Å². The summed E-state index contributed by atoms with van der Waals surface area (Å²) in [6, 6.07) is 0.349. The maximum atomic E-state index is 12.4. The second kappa shape index (κ2) is 5.92. The molecule has 0 aromatic heterocycles. The summed E-state index contributed by atoms with van der Waals surface area (Å²) < 4.78 is 0. The Morgan fingerprint density at radius 3 is 2.60 bits per heavy atom. The van der Waals surface area contributed by atoms with Crippen LogP contribution in [0.3, 0.4) is 0 Å². The summed E-state index contributed by atoms with van der Waals surface area (Å²) in [5.74, 6) is 0.881. The summed E-state index contributed by atoms with van der Waals surface area (Å²) in [6.07, 6.45) is 10.7. The first-order valence-corrected chi connectivity index (χ1v) is 8.40. The number of rotatable bonds is 5. The van der Waals surface area contributed by atoms with Gasteiger partial charge in [-0.1, -0.05) is 6.42 Å². The van der Waals surface area contributed by atoms with Gasteiger partial charge in [-0.15, -0.1) is 0 Å². The Balaban J connectivity index is 1.52. The molecular formula is C16H28N2O2. The minimum Gasteiger partial charge on any atom is -0.396 e. The zero-order chi connectivity index (χ0) is 14.0. The molecule has 4 heteroatoms. The van der Waals surface area contributed by atoms with Crippen LogP contribution in [0.15, 0.2) is 0 Å². The van der Waals surface area contributed by atoms with Gasteiger partial charge in [0.05, 0.1) is 0 Å².